The number of aryl methyl sites for hydroxylation is 1. The summed E-state index contributed by atoms with van der Waals surface area (Å²) in [6.07, 6.45) is -0.00576. The summed E-state index contributed by atoms with van der Waals surface area (Å²) in [5.74, 6) is -0.879. The number of thiophene rings is 1. The molecule has 0 fully saturated rings. The first-order chi connectivity index (χ1) is 9.08. The zero-order valence-electron chi connectivity index (χ0n) is 10.9. The van der Waals surface area contributed by atoms with E-state index in [1.807, 2.05) is 44.2 Å². The van der Waals surface area contributed by atoms with Crippen molar-refractivity contribution in [2.24, 2.45) is 0 Å². The molecule has 0 amide bonds. The van der Waals surface area contributed by atoms with Gasteiger partial charge in [0.2, 0.25) is 0 Å². The summed E-state index contributed by atoms with van der Waals surface area (Å²) in [5.41, 5.74) is 2.07. The first-order valence-electron chi connectivity index (χ1n) is 6.07. The molecule has 4 heteroatoms. The highest BCUT2D eigenvalue weighted by Gasteiger charge is 2.12. The lowest BCUT2D eigenvalue weighted by molar-refractivity contribution is 0.0524. The molecule has 0 saturated heterocycles. The molecule has 0 aliphatic rings. The number of benzene rings is 1. The average Bonchev–Trinajstić information content (AvgIpc) is 2.79. The number of rotatable bonds is 5. The van der Waals surface area contributed by atoms with Crippen molar-refractivity contribution in [1.82, 2.24) is 0 Å². The molecule has 1 atom stereocenters. The fourth-order valence-electron chi connectivity index (χ4n) is 1.80. The summed E-state index contributed by atoms with van der Waals surface area (Å²) < 4.78 is 5.80. The summed E-state index contributed by atoms with van der Waals surface area (Å²) >= 11 is 1.29. The van der Waals surface area contributed by atoms with Gasteiger partial charge in [-0.2, -0.15) is 0 Å². The van der Waals surface area contributed by atoms with E-state index in [4.69, 9.17) is 9.84 Å². The third kappa shape index (κ3) is 3.43. The largest absolute Gasteiger partial charge is 0.477 e. The molecule has 3 nitrogen and oxygen atoms in total. The highest BCUT2D eigenvalue weighted by molar-refractivity contribution is 7.14. The number of carbonyl (C=O) groups is 1. The van der Waals surface area contributed by atoms with Gasteiger partial charge in [-0.1, -0.05) is 30.3 Å². The van der Waals surface area contributed by atoms with E-state index in [0.717, 1.165) is 16.0 Å². The lowest BCUT2D eigenvalue weighted by Gasteiger charge is -2.13. The maximum Gasteiger partial charge on any atom is 0.345 e. The van der Waals surface area contributed by atoms with Gasteiger partial charge < -0.3 is 9.84 Å². The minimum Gasteiger partial charge on any atom is -0.477 e. The minimum absolute atomic E-state index is 0.00576. The van der Waals surface area contributed by atoms with Crippen LogP contribution in [-0.2, 0) is 11.3 Å². The minimum atomic E-state index is -0.879. The summed E-state index contributed by atoms with van der Waals surface area (Å²) in [4.78, 5) is 12.3. The lowest BCUT2D eigenvalue weighted by atomic mass is 10.1. The maximum atomic E-state index is 10.9. The Morgan fingerprint density at radius 1 is 1.37 bits per heavy atom. The Morgan fingerprint density at radius 3 is 2.63 bits per heavy atom. The molecule has 0 radical (unpaired) electrons. The van der Waals surface area contributed by atoms with Gasteiger partial charge in [0.05, 0.1) is 12.7 Å². The normalized spacial score (nSPS) is 12.3. The van der Waals surface area contributed by atoms with Gasteiger partial charge >= 0.3 is 5.97 Å². The monoisotopic (exact) mass is 276 g/mol. The van der Waals surface area contributed by atoms with Crippen molar-refractivity contribution in [2.45, 2.75) is 26.6 Å². The molecule has 1 N–H and O–H groups in total. The molecule has 2 rings (SSSR count). The summed E-state index contributed by atoms with van der Waals surface area (Å²) in [6.45, 7) is 4.35. The third-order valence-electron chi connectivity index (χ3n) is 2.99. The second-order valence-electron chi connectivity index (χ2n) is 4.36. The van der Waals surface area contributed by atoms with Crippen molar-refractivity contribution < 1.29 is 14.6 Å². The Bertz CT molecular complexity index is 560. The van der Waals surface area contributed by atoms with Gasteiger partial charge in [-0.15, -0.1) is 11.3 Å². The smallest absolute Gasteiger partial charge is 0.345 e. The second kappa shape index (κ2) is 5.99. The quantitative estimate of drug-likeness (QED) is 0.896. The van der Waals surface area contributed by atoms with Crippen molar-refractivity contribution in [3.63, 3.8) is 0 Å². The lowest BCUT2D eigenvalue weighted by Crippen LogP contribution is -2.00. The molecule has 0 saturated carbocycles. The highest BCUT2D eigenvalue weighted by atomic mass is 32.1. The van der Waals surface area contributed by atoms with Crippen molar-refractivity contribution in [3.05, 3.63) is 57.3 Å². The van der Waals surface area contributed by atoms with Crippen LogP contribution in [-0.4, -0.2) is 11.1 Å². The zero-order valence-corrected chi connectivity index (χ0v) is 11.7. The van der Waals surface area contributed by atoms with Crippen LogP contribution in [0.3, 0.4) is 0 Å². The Kier molecular flexibility index (Phi) is 4.35. The molecule has 100 valence electrons. The Balaban J connectivity index is 2.01. The van der Waals surface area contributed by atoms with Crippen molar-refractivity contribution in [2.75, 3.05) is 0 Å². The van der Waals surface area contributed by atoms with Crippen LogP contribution in [0.25, 0.3) is 0 Å². The van der Waals surface area contributed by atoms with Gasteiger partial charge in [-0.3, -0.25) is 0 Å². The predicted molar refractivity (Wildman–Crippen MR) is 75.7 cm³/mol. The Morgan fingerprint density at radius 2 is 2.05 bits per heavy atom. The number of hydrogen-bond donors (Lipinski definition) is 1. The number of hydrogen-bond acceptors (Lipinski definition) is 3. The van der Waals surface area contributed by atoms with Gasteiger partial charge in [0.1, 0.15) is 4.88 Å². The van der Waals surface area contributed by atoms with Gasteiger partial charge in [-0.05, 0) is 31.0 Å². The SMILES string of the molecule is Cc1sc(C(=O)O)cc1COC(C)c1ccccc1. The molecule has 2 aromatic rings. The first kappa shape index (κ1) is 13.8. The molecule has 1 aromatic heterocycles. The van der Waals surface area contributed by atoms with E-state index in [2.05, 4.69) is 0 Å². The molecule has 0 aliphatic carbocycles. The number of carboxylic acid groups (broad SMARTS) is 1. The van der Waals surface area contributed by atoms with Crippen LogP contribution < -0.4 is 0 Å². The molecular weight excluding hydrogens is 260 g/mol. The van der Waals surface area contributed by atoms with E-state index in [0.29, 0.717) is 11.5 Å². The van der Waals surface area contributed by atoms with Crippen LogP contribution in [0.1, 0.15) is 38.7 Å². The molecule has 1 unspecified atom stereocenters. The van der Waals surface area contributed by atoms with Crippen LogP contribution >= 0.6 is 11.3 Å². The maximum absolute atomic E-state index is 10.9. The van der Waals surface area contributed by atoms with E-state index in [-0.39, 0.29) is 6.10 Å². The topological polar surface area (TPSA) is 46.5 Å². The zero-order chi connectivity index (χ0) is 13.8. The van der Waals surface area contributed by atoms with Crippen LogP contribution in [0.5, 0.6) is 0 Å². The second-order valence-corrected chi connectivity index (χ2v) is 5.62. The Hall–Kier alpha value is -1.65. The third-order valence-corrected chi connectivity index (χ3v) is 4.07. The predicted octanol–water partition coefficient (Wildman–Crippen LogP) is 4.03. The van der Waals surface area contributed by atoms with Gasteiger partial charge in [-0.25, -0.2) is 4.79 Å². The van der Waals surface area contributed by atoms with Crippen LogP contribution in [0.2, 0.25) is 0 Å². The average molecular weight is 276 g/mol. The fraction of sp³-hybridized carbons (Fsp3) is 0.267. The molecule has 1 heterocycles. The van der Waals surface area contributed by atoms with Crippen LogP contribution in [0, 0.1) is 6.92 Å². The van der Waals surface area contributed by atoms with E-state index in [9.17, 15) is 4.79 Å². The molecule has 19 heavy (non-hydrogen) atoms. The van der Waals surface area contributed by atoms with E-state index >= 15 is 0 Å². The summed E-state index contributed by atoms with van der Waals surface area (Å²) in [7, 11) is 0. The number of ether oxygens (including phenoxy) is 1. The van der Waals surface area contributed by atoms with Gasteiger partial charge in [0.25, 0.3) is 0 Å². The summed E-state index contributed by atoms with van der Waals surface area (Å²) in [6, 6.07) is 11.7. The van der Waals surface area contributed by atoms with Crippen molar-refractivity contribution in [3.8, 4) is 0 Å². The fourth-order valence-corrected chi connectivity index (χ4v) is 2.67. The van der Waals surface area contributed by atoms with Crippen molar-refractivity contribution in [1.29, 1.82) is 0 Å². The van der Waals surface area contributed by atoms with E-state index in [1.54, 1.807) is 6.07 Å². The van der Waals surface area contributed by atoms with Gasteiger partial charge in [0, 0.05) is 4.88 Å². The van der Waals surface area contributed by atoms with Crippen LogP contribution in [0.15, 0.2) is 36.4 Å². The molecule has 0 spiro atoms. The first-order valence-corrected chi connectivity index (χ1v) is 6.88. The number of aromatic carboxylic acids is 1. The van der Waals surface area contributed by atoms with Gasteiger partial charge in [0.15, 0.2) is 0 Å². The van der Waals surface area contributed by atoms with E-state index in [1.165, 1.54) is 11.3 Å². The standard InChI is InChI=1S/C15H16O3S/c1-10(12-6-4-3-5-7-12)18-9-13-8-14(15(16)17)19-11(13)2/h3-8,10H,9H2,1-2H3,(H,16,17). The Labute approximate surface area is 116 Å². The molecule has 0 bridgehead atoms. The van der Waals surface area contributed by atoms with Crippen molar-refractivity contribution >= 4 is 17.3 Å². The van der Waals surface area contributed by atoms with E-state index < -0.39 is 5.97 Å². The number of carboxylic acids is 1. The molecular formula is C15H16O3S. The highest BCUT2D eigenvalue weighted by Crippen LogP contribution is 2.25. The molecule has 1 aromatic carbocycles. The molecule has 0 aliphatic heterocycles. The summed E-state index contributed by atoms with van der Waals surface area (Å²) in [5, 5.41) is 8.95. The van der Waals surface area contributed by atoms with Crippen LogP contribution in [0.4, 0.5) is 0 Å².